The van der Waals surface area contributed by atoms with Crippen molar-refractivity contribution in [1.29, 1.82) is 0 Å². The first-order valence-electron chi connectivity index (χ1n) is 8.01. The first kappa shape index (κ1) is 15.5. The number of nitrogens with zero attached hydrogens (tertiary/aromatic N) is 3. The van der Waals surface area contributed by atoms with Crippen LogP contribution in [0.3, 0.4) is 0 Å². The fourth-order valence-corrected chi connectivity index (χ4v) is 3.09. The molecule has 6 nitrogen and oxygen atoms in total. The molecule has 0 bridgehead atoms. The quantitative estimate of drug-likeness (QED) is 0.934. The van der Waals surface area contributed by atoms with E-state index in [1.54, 1.807) is 11.8 Å². The maximum absolute atomic E-state index is 12.3. The van der Waals surface area contributed by atoms with Crippen molar-refractivity contribution in [2.24, 2.45) is 5.92 Å². The Balaban J connectivity index is 1.61. The van der Waals surface area contributed by atoms with Crippen LogP contribution in [0.4, 0.5) is 0 Å². The van der Waals surface area contributed by atoms with Gasteiger partial charge in [-0.1, -0.05) is 6.07 Å². The second kappa shape index (κ2) is 6.40. The van der Waals surface area contributed by atoms with Gasteiger partial charge in [0.25, 0.3) is 0 Å². The summed E-state index contributed by atoms with van der Waals surface area (Å²) in [6, 6.07) is 3.99. The zero-order valence-electron chi connectivity index (χ0n) is 13.6. The van der Waals surface area contributed by atoms with Crippen LogP contribution in [-0.4, -0.2) is 39.2 Å². The van der Waals surface area contributed by atoms with Gasteiger partial charge in [-0.3, -0.25) is 9.59 Å². The molecule has 1 unspecified atom stereocenters. The van der Waals surface area contributed by atoms with Gasteiger partial charge in [0.15, 0.2) is 0 Å². The minimum Gasteiger partial charge on any atom is -0.350 e. The summed E-state index contributed by atoms with van der Waals surface area (Å²) in [5.74, 6) is -0.0746. The summed E-state index contributed by atoms with van der Waals surface area (Å²) >= 11 is 0. The number of aryl methyl sites for hydroxylation is 1. The fourth-order valence-electron chi connectivity index (χ4n) is 3.09. The molecule has 1 aliphatic rings. The van der Waals surface area contributed by atoms with Crippen LogP contribution in [0.5, 0.6) is 0 Å². The van der Waals surface area contributed by atoms with Gasteiger partial charge in [-0.05, 0) is 31.4 Å². The molecular formula is C17H22N4O2. The van der Waals surface area contributed by atoms with E-state index in [1.807, 2.05) is 35.9 Å². The first-order valence-corrected chi connectivity index (χ1v) is 8.01. The van der Waals surface area contributed by atoms with Gasteiger partial charge in [0, 0.05) is 32.4 Å². The minimum absolute atomic E-state index is 0.00438. The van der Waals surface area contributed by atoms with Crippen molar-refractivity contribution in [3.05, 3.63) is 35.8 Å². The van der Waals surface area contributed by atoms with Crippen LogP contribution in [-0.2, 0) is 16.1 Å². The standard InChI is InChI=1S/C17H22N4O2/c1-12-5-3-8-21-11-15(19-16(12)21)9-18-17(23)14-6-4-7-20(10-14)13(2)22/h3,5,8,11,14H,4,6-7,9-10H2,1-2H3,(H,18,23). The lowest BCUT2D eigenvalue weighted by Gasteiger charge is -2.31. The smallest absolute Gasteiger partial charge is 0.225 e. The van der Waals surface area contributed by atoms with Crippen LogP contribution >= 0.6 is 0 Å². The Morgan fingerprint density at radius 3 is 3.00 bits per heavy atom. The van der Waals surface area contributed by atoms with E-state index in [9.17, 15) is 9.59 Å². The van der Waals surface area contributed by atoms with Crippen LogP contribution in [0, 0.1) is 12.8 Å². The molecule has 1 aliphatic heterocycles. The maximum atomic E-state index is 12.3. The number of carbonyl (C=O) groups is 2. The van der Waals surface area contributed by atoms with Crippen molar-refractivity contribution in [1.82, 2.24) is 19.6 Å². The lowest BCUT2D eigenvalue weighted by molar-refractivity contribution is -0.134. The first-order chi connectivity index (χ1) is 11.0. The average Bonchev–Trinajstić information content (AvgIpc) is 2.97. The Kier molecular flexibility index (Phi) is 4.32. The van der Waals surface area contributed by atoms with Crippen molar-refractivity contribution in [3.63, 3.8) is 0 Å². The molecule has 2 aromatic rings. The average molecular weight is 314 g/mol. The molecule has 1 N–H and O–H groups in total. The largest absolute Gasteiger partial charge is 0.350 e. The number of amides is 2. The van der Waals surface area contributed by atoms with Crippen LogP contribution in [0.25, 0.3) is 5.65 Å². The predicted octanol–water partition coefficient (Wildman–Crippen LogP) is 1.52. The highest BCUT2D eigenvalue weighted by Gasteiger charge is 2.26. The molecule has 0 aliphatic carbocycles. The number of aromatic nitrogens is 2. The normalized spacial score (nSPS) is 18.2. The van der Waals surface area contributed by atoms with Gasteiger partial charge in [0.05, 0.1) is 18.2 Å². The Morgan fingerprint density at radius 1 is 1.43 bits per heavy atom. The number of carbonyl (C=O) groups excluding carboxylic acids is 2. The van der Waals surface area contributed by atoms with Crippen molar-refractivity contribution in [3.8, 4) is 0 Å². The molecule has 0 spiro atoms. The van der Waals surface area contributed by atoms with Crippen LogP contribution in [0.15, 0.2) is 24.5 Å². The van der Waals surface area contributed by atoms with E-state index < -0.39 is 0 Å². The van der Waals surface area contributed by atoms with Gasteiger partial charge in [0.1, 0.15) is 5.65 Å². The summed E-state index contributed by atoms with van der Waals surface area (Å²) in [5.41, 5.74) is 2.86. The van der Waals surface area contributed by atoms with Crippen LogP contribution < -0.4 is 5.32 Å². The van der Waals surface area contributed by atoms with E-state index in [2.05, 4.69) is 10.3 Å². The number of pyridine rings is 1. The molecule has 2 aromatic heterocycles. The topological polar surface area (TPSA) is 66.7 Å². The molecule has 6 heteroatoms. The number of fused-ring (bicyclic) bond motifs is 1. The lowest BCUT2D eigenvalue weighted by atomic mass is 9.97. The summed E-state index contributed by atoms with van der Waals surface area (Å²) in [4.78, 5) is 30.1. The zero-order valence-corrected chi connectivity index (χ0v) is 13.6. The second-order valence-corrected chi connectivity index (χ2v) is 6.18. The summed E-state index contributed by atoms with van der Waals surface area (Å²) in [6.45, 7) is 5.26. The number of imidazole rings is 1. The van der Waals surface area contributed by atoms with E-state index in [0.717, 1.165) is 36.3 Å². The molecule has 0 saturated carbocycles. The van der Waals surface area contributed by atoms with E-state index in [1.165, 1.54) is 0 Å². The molecule has 0 radical (unpaired) electrons. The van der Waals surface area contributed by atoms with Crippen LogP contribution in [0.2, 0.25) is 0 Å². The molecule has 122 valence electrons. The molecule has 1 saturated heterocycles. The molecule has 0 aromatic carbocycles. The third kappa shape index (κ3) is 3.36. The molecule has 1 fully saturated rings. The van der Waals surface area contributed by atoms with Crippen LogP contribution in [0.1, 0.15) is 31.0 Å². The summed E-state index contributed by atoms with van der Waals surface area (Å²) < 4.78 is 1.97. The SMILES string of the molecule is CC(=O)N1CCCC(C(=O)NCc2cn3cccc(C)c3n2)C1. The lowest BCUT2D eigenvalue weighted by Crippen LogP contribution is -2.44. The molecular weight excluding hydrogens is 292 g/mol. The third-order valence-electron chi connectivity index (χ3n) is 4.41. The van der Waals surface area contributed by atoms with Gasteiger partial charge in [0.2, 0.25) is 11.8 Å². The van der Waals surface area contributed by atoms with Gasteiger partial charge in [-0.25, -0.2) is 4.98 Å². The Labute approximate surface area is 135 Å². The van der Waals surface area contributed by atoms with Crippen molar-refractivity contribution in [2.45, 2.75) is 33.2 Å². The molecule has 1 atom stereocenters. The summed E-state index contributed by atoms with van der Waals surface area (Å²) in [5, 5.41) is 2.96. The number of hydrogen-bond acceptors (Lipinski definition) is 3. The highest BCUT2D eigenvalue weighted by atomic mass is 16.2. The van der Waals surface area contributed by atoms with E-state index in [-0.39, 0.29) is 17.7 Å². The minimum atomic E-state index is -0.119. The number of hydrogen-bond donors (Lipinski definition) is 1. The van der Waals surface area contributed by atoms with Gasteiger partial charge in [-0.2, -0.15) is 0 Å². The Bertz CT molecular complexity index is 737. The Hall–Kier alpha value is -2.37. The highest BCUT2D eigenvalue weighted by Crippen LogP contribution is 2.17. The fraction of sp³-hybridized carbons (Fsp3) is 0.471. The monoisotopic (exact) mass is 314 g/mol. The predicted molar refractivity (Wildman–Crippen MR) is 86.8 cm³/mol. The van der Waals surface area contributed by atoms with Gasteiger partial charge in [-0.15, -0.1) is 0 Å². The van der Waals surface area contributed by atoms with E-state index in [0.29, 0.717) is 13.1 Å². The zero-order chi connectivity index (χ0) is 16.4. The third-order valence-corrected chi connectivity index (χ3v) is 4.41. The Morgan fingerprint density at radius 2 is 2.26 bits per heavy atom. The summed E-state index contributed by atoms with van der Waals surface area (Å²) in [6.07, 6.45) is 5.60. The number of nitrogens with one attached hydrogen (secondary N) is 1. The van der Waals surface area contributed by atoms with E-state index in [4.69, 9.17) is 0 Å². The maximum Gasteiger partial charge on any atom is 0.225 e. The van der Waals surface area contributed by atoms with Gasteiger partial charge >= 0.3 is 0 Å². The molecule has 23 heavy (non-hydrogen) atoms. The molecule has 3 heterocycles. The van der Waals surface area contributed by atoms with Crippen molar-refractivity contribution >= 4 is 17.5 Å². The summed E-state index contributed by atoms with van der Waals surface area (Å²) in [7, 11) is 0. The molecule has 3 rings (SSSR count). The van der Waals surface area contributed by atoms with Crippen molar-refractivity contribution < 1.29 is 9.59 Å². The number of rotatable bonds is 3. The number of likely N-dealkylation sites (tertiary alicyclic amines) is 1. The van der Waals surface area contributed by atoms with Crippen molar-refractivity contribution in [2.75, 3.05) is 13.1 Å². The number of piperidine rings is 1. The second-order valence-electron chi connectivity index (χ2n) is 6.18. The van der Waals surface area contributed by atoms with E-state index >= 15 is 0 Å². The highest BCUT2D eigenvalue weighted by molar-refractivity contribution is 5.80. The molecule has 2 amide bonds. The van der Waals surface area contributed by atoms with Gasteiger partial charge < -0.3 is 14.6 Å².